The fourth-order valence-corrected chi connectivity index (χ4v) is 5.03. The Hall–Kier alpha value is -3.74. The van der Waals surface area contributed by atoms with Crippen molar-refractivity contribution < 1.29 is 23.5 Å². The Morgan fingerprint density at radius 1 is 0.970 bits per heavy atom. The summed E-state index contributed by atoms with van der Waals surface area (Å²) in [4.78, 5) is 27.7. The molecule has 1 aromatic heterocycles. The van der Waals surface area contributed by atoms with Crippen molar-refractivity contribution in [1.82, 2.24) is 4.90 Å². The summed E-state index contributed by atoms with van der Waals surface area (Å²) in [7, 11) is 0. The van der Waals surface area contributed by atoms with E-state index in [4.69, 9.17) is 13.9 Å². The number of benzene rings is 2. The number of hydrogen-bond acceptors (Lipinski definition) is 5. The minimum absolute atomic E-state index is 0.00671. The zero-order valence-corrected chi connectivity index (χ0v) is 18.1. The second-order valence-electron chi connectivity index (χ2n) is 9.02. The lowest BCUT2D eigenvalue weighted by molar-refractivity contribution is -0.118. The maximum Gasteiger partial charge on any atom is 0.253 e. The third-order valence-electron chi connectivity index (χ3n) is 7.13. The van der Waals surface area contributed by atoms with Crippen LogP contribution in [-0.4, -0.2) is 36.6 Å². The molecule has 2 aromatic carbocycles. The molecule has 1 spiro atoms. The van der Waals surface area contributed by atoms with Crippen LogP contribution in [0.25, 0.3) is 11.3 Å². The molecule has 33 heavy (non-hydrogen) atoms. The Kier molecular flexibility index (Phi) is 4.64. The van der Waals surface area contributed by atoms with Gasteiger partial charge in [0.1, 0.15) is 5.76 Å². The maximum absolute atomic E-state index is 13.0. The average molecular weight is 444 g/mol. The molecule has 3 aromatic rings. The van der Waals surface area contributed by atoms with Gasteiger partial charge in [0.15, 0.2) is 11.5 Å². The molecule has 7 nitrogen and oxygen atoms in total. The summed E-state index contributed by atoms with van der Waals surface area (Å²) in [5, 5.41) is 3.02. The molecule has 1 saturated heterocycles. The third kappa shape index (κ3) is 3.63. The highest BCUT2D eigenvalue weighted by Crippen LogP contribution is 2.59. The van der Waals surface area contributed by atoms with Crippen molar-refractivity contribution in [1.29, 1.82) is 0 Å². The normalized spacial score (nSPS) is 20.0. The quantitative estimate of drug-likeness (QED) is 0.638. The molecule has 3 heterocycles. The number of amides is 2. The summed E-state index contributed by atoms with van der Waals surface area (Å²) in [6.45, 7) is 1.56. The van der Waals surface area contributed by atoms with Gasteiger partial charge in [-0.15, -0.1) is 0 Å². The van der Waals surface area contributed by atoms with Gasteiger partial charge in [-0.05, 0) is 61.1 Å². The third-order valence-corrected chi connectivity index (χ3v) is 7.13. The van der Waals surface area contributed by atoms with Crippen LogP contribution in [0, 0.1) is 11.3 Å². The first-order valence-electron chi connectivity index (χ1n) is 11.3. The highest BCUT2D eigenvalue weighted by atomic mass is 16.7. The lowest BCUT2D eigenvalue weighted by Gasteiger charge is -2.33. The van der Waals surface area contributed by atoms with E-state index in [1.165, 1.54) is 0 Å². The molecule has 2 aliphatic heterocycles. The van der Waals surface area contributed by atoms with E-state index in [0.717, 1.165) is 36.3 Å². The van der Waals surface area contributed by atoms with Gasteiger partial charge in [-0.1, -0.05) is 12.1 Å². The Balaban J connectivity index is 1.05. The SMILES string of the molecule is O=C(Nc1ccc2c(c1)OCO2)C1CC12CCN(C(=O)c1ccc(-c3ccco3)cc1)CC2. The van der Waals surface area contributed by atoms with Crippen LogP contribution in [0.5, 0.6) is 11.5 Å². The van der Waals surface area contributed by atoms with Crippen molar-refractivity contribution in [3.8, 4) is 22.8 Å². The van der Waals surface area contributed by atoms with Gasteiger partial charge in [0.05, 0.1) is 6.26 Å². The second-order valence-corrected chi connectivity index (χ2v) is 9.02. The van der Waals surface area contributed by atoms with E-state index < -0.39 is 0 Å². The standard InChI is InChI=1S/C26H24N2O5/c29-24(27-19-7-8-22-23(14-19)33-16-32-22)20-15-26(20)9-11-28(12-10-26)25(30)18-5-3-17(4-6-18)21-2-1-13-31-21/h1-8,13-14,20H,9-12,15-16H2,(H,27,29). The van der Waals surface area contributed by atoms with E-state index in [1.54, 1.807) is 12.3 Å². The van der Waals surface area contributed by atoms with Crippen molar-refractivity contribution in [2.24, 2.45) is 11.3 Å². The molecule has 1 unspecified atom stereocenters. The van der Waals surface area contributed by atoms with Crippen LogP contribution in [0.2, 0.25) is 0 Å². The van der Waals surface area contributed by atoms with E-state index >= 15 is 0 Å². The van der Waals surface area contributed by atoms with Crippen LogP contribution in [-0.2, 0) is 4.79 Å². The van der Waals surface area contributed by atoms with Gasteiger partial charge in [0, 0.05) is 41.9 Å². The number of ether oxygens (including phenoxy) is 2. The predicted molar refractivity (Wildman–Crippen MR) is 121 cm³/mol. The van der Waals surface area contributed by atoms with Gasteiger partial charge in [0.2, 0.25) is 12.7 Å². The molecule has 1 aliphatic carbocycles. The Labute approximate surface area is 191 Å². The van der Waals surface area contributed by atoms with Crippen LogP contribution in [0.15, 0.2) is 65.3 Å². The number of carbonyl (C=O) groups excluding carboxylic acids is 2. The minimum Gasteiger partial charge on any atom is -0.464 e. The van der Waals surface area contributed by atoms with E-state index in [2.05, 4.69) is 5.32 Å². The molecule has 6 rings (SSSR count). The van der Waals surface area contributed by atoms with E-state index in [-0.39, 0.29) is 29.9 Å². The van der Waals surface area contributed by atoms with Crippen molar-refractivity contribution in [2.45, 2.75) is 19.3 Å². The molecule has 3 aliphatic rings. The lowest BCUT2D eigenvalue weighted by Crippen LogP contribution is -2.40. The van der Waals surface area contributed by atoms with Gasteiger partial charge in [0.25, 0.3) is 5.91 Å². The molecule has 2 fully saturated rings. The lowest BCUT2D eigenvalue weighted by atomic mass is 9.90. The monoisotopic (exact) mass is 444 g/mol. The number of nitrogens with one attached hydrogen (secondary N) is 1. The molecule has 0 radical (unpaired) electrons. The number of carbonyl (C=O) groups is 2. The van der Waals surface area contributed by atoms with Gasteiger partial charge in [-0.2, -0.15) is 0 Å². The number of furan rings is 1. The number of rotatable bonds is 4. The Morgan fingerprint density at radius 2 is 1.76 bits per heavy atom. The zero-order chi connectivity index (χ0) is 22.4. The van der Waals surface area contributed by atoms with Gasteiger partial charge < -0.3 is 24.1 Å². The maximum atomic E-state index is 13.0. The molecular weight excluding hydrogens is 420 g/mol. The van der Waals surface area contributed by atoms with Crippen LogP contribution in [0.3, 0.4) is 0 Å². The molecule has 0 bridgehead atoms. The van der Waals surface area contributed by atoms with Gasteiger partial charge >= 0.3 is 0 Å². The number of hydrogen-bond donors (Lipinski definition) is 1. The van der Waals surface area contributed by atoms with Crippen molar-refractivity contribution in [3.05, 3.63) is 66.4 Å². The fourth-order valence-electron chi connectivity index (χ4n) is 5.03. The minimum atomic E-state index is -0.00671. The molecule has 1 saturated carbocycles. The Morgan fingerprint density at radius 3 is 2.52 bits per heavy atom. The topological polar surface area (TPSA) is 81.0 Å². The highest BCUT2D eigenvalue weighted by molar-refractivity contribution is 5.96. The fraction of sp³-hybridized carbons (Fsp3) is 0.308. The molecule has 168 valence electrons. The first-order valence-corrected chi connectivity index (χ1v) is 11.3. The number of nitrogens with zero attached hydrogens (tertiary/aromatic N) is 1. The molecule has 1 atom stereocenters. The van der Waals surface area contributed by atoms with E-state index in [1.807, 2.05) is 53.4 Å². The van der Waals surface area contributed by atoms with E-state index in [0.29, 0.717) is 30.2 Å². The second kappa shape index (κ2) is 7.69. The summed E-state index contributed by atoms with van der Waals surface area (Å²) in [5.74, 6) is 2.21. The van der Waals surface area contributed by atoms with Crippen molar-refractivity contribution >= 4 is 17.5 Å². The summed E-state index contributed by atoms with van der Waals surface area (Å²) in [6.07, 6.45) is 4.21. The largest absolute Gasteiger partial charge is 0.464 e. The highest BCUT2D eigenvalue weighted by Gasteiger charge is 2.58. The van der Waals surface area contributed by atoms with Crippen molar-refractivity contribution in [3.63, 3.8) is 0 Å². The number of fused-ring (bicyclic) bond motifs is 1. The number of likely N-dealkylation sites (tertiary alicyclic amines) is 1. The molecule has 7 heteroatoms. The summed E-state index contributed by atoms with van der Waals surface area (Å²) in [5.41, 5.74) is 2.36. The predicted octanol–water partition coefficient (Wildman–Crippen LogP) is 4.56. The van der Waals surface area contributed by atoms with Crippen molar-refractivity contribution in [2.75, 3.05) is 25.2 Å². The summed E-state index contributed by atoms with van der Waals surface area (Å²) < 4.78 is 16.1. The van der Waals surface area contributed by atoms with E-state index in [9.17, 15) is 9.59 Å². The van der Waals surface area contributed by atoms with Crippen LogP contribution in [0.1, 0.15) is 29.6 Å². The summed E-state index contributed by atoms with van der Waals surface area (Å²) >= 11 is 0. The first kappa shape index (κ1) is 19.9. The summed E-state index contributed by atoms with van der Waals surface area (Å²) in [6, 6.07) is 16.7. The van der Waals surface area contributed by atoms with Gasteiger partial charge in [-0.25, -0.2) is 0 Å². The molecular formula is C26H24N2O5. The molecule has 2 amide bonds. The number of anilines is 1. The zero-order valence-electron chi connectivity index (χ0n) is 18.1. The van der Waals surface area contributed by atoms with Crippen LogP contribution in [0.4, 0.5) is 5.69 Å². The number of piperidine rings is 1. The first-order chi connectivity index (χ1) is 16.1. The van der Waals surface area contributed by atoms with Gasteiger partial charge in [-0.3, -0.25) is 9.59 Å². The van der Waals surface area contributed by atoms with Crippen LogP contribution >= 0.6 is 0 Å². The Bertz CT molecular complexity index is 1190. The average Bonchev–Trinajstić information content (AvgIpc) is 3.21. The van der Waals surface area contributed by atoms with Crippen LogP contribution < -0.4 is 14.8 Å². The molecule has 1 N–H and O–H groups in total. The smallest absolute Gasteiger partial charge is 0.253 e.